The lowest BCUT2D eigenvalue weighted by atomic mass is 9.99. The summed E-state index contributed by atoms with van der Waals surface area (Å²) in [5.41, 5.74) is 10.4. The Morgan fingerprint density at radius 1 is 1.06 bits per heavy atom. The minimum Gasteiger partial charge on any atom is -0.493 e. The molecule has 0 saturated carbocycles. The number of fused-ring (bicyclic) bond motifs is 1. The van der Waals surface area contributed by atoms with E-state index in [2.05, 4.69) is 5.32 Å². The average Bonchev–Trinajstić information content (AvgIpc) is 3.22. The van der Waals surface area contributed by atoms with Gasteiger partial charge in [-0.05, 0) is 49.2 Å². The Kier molecular flexibility index (Phi) is 6.26. The van der Waals surface area contributed by atoms with Gasteiger partial charge in [-0.25, -0.2) is 0 Å². The highest BCUT2D eigenvalue weighted by Crippen LogP contribution is 2.37. The number of rotatable bonds is 7. The van der Waals surface area contributed by atoms with E-state index in [-0.39, 0.29) is 5.91 Å². The Morgan fingerprint density at radius 2 is 1.85 bits per heavy atom. The Balaban J connectivity index is 1.69. The highest BCUT2D eigenvalue weighted by atomic mass is 16.5. The Hall–Kier alpha value is -4.32. The lowest BCUT2D eigenvalue weighted by Crippen LogP contribution is -2.13. The number of amides is 2. The van der Waals surface area contributed by atoms with E-state index >= 15 is 0 Å². The molecule has 0 spiro atoms. The van der Waals surface area contributed by atoms with Crippen LogP contribution in [0.1, 0.15) is 29.8 Å². The van der Waals surface area contributed by atoms with Crippen molar-refractivity contribution in [1.29, 1.82) is 0 Å². The second-order valence-corrected chi connectivity index (χ2v) is 7.55. The molecule has 0 saturated heterocycles. The summed E-state index contributed by atoms with van der Waals surface area (Å²) < 4.78 is 11.6. The van der Waals surface area contributed by atoms with Gasteiger partial charge in [0.2, 0.25) is 11.8 Å². The van der Waals surface area contributed by atoms with Gasteiger partial charge in [-0.2, -0.15) is 0 Å². The first-order valence-corrected chi connectivity index (χ1v) is 10.6. The normalized spacial score (nSPS) is 11.4. The van der Waals surface area contributed by atoms with Crippen molar-refractivity contribution in [2.75, 3.05) is 11.9 Å². The molecule has 0 bridgehead atoms. The molecule has 0 atom stereocenters. The fraction of sp³-hybridized carbons (Fsp3) is 0.111. The van der Waals surface area contributed by atoms with E-state index in [9.17, 15) is 9.59 Å². The molecule has 2 amide bonds. The minimum absolute atomic E-state index is 0.325. The molecule has 0 unspecified atom stereocenters. The molecule has 3 aromatic carbocycles. The van der Waals surface area contributed by atoms with Gasteiger partial charge in [0.05, 0.1) is 12.9 Å². The molecule has 6 heteroatoms. The van der Waals surface area contributed by atoms with Crippen molar-refractivity contribution in [3.05, 3.63) is 90.2 Å². The predicted molar refractivity (Wildman–Crippen MR) is 130 cm³/mol. The molecule has 1 heterocycles. The minimum atomic E-state index is -0.554. The SMILES string of the molecule is CCOc1cc2occ(-c3ccccc3)c2cc1/C(C)=C/C(=O)Nc1cccc(C(N)=O)c1. The molecule has 33 heavy (non-hydrogen) atoms. The molecule has 0 radical (unpaired) electrons. The monoisotopic (exact) mass is 440 g/mol. The quantitative estimate of drug-likeness (QED) is 0.364. The number of furan rings is 1. The predicted octanol–water partition coefficient (Wildman–Crippen LogP) is 5.64. The maximum Gasteiger partial charge on any atom is 0.248 e. The largest absolute Gasteiger partial charge is 0.493 e. The smallest absolute Gasteiger partial charge is 0.248 e. The van der Waals surface area contributed by atoms with E-state index in [4.69, 9.17) is 14.9 Å². The van der Waals surface area contributed by atoms with Gasteiger partial charge >= 0.3 is 0 Å². The van der Waals surface area contributed by atoms with Gasteiger partial charge in [-0.3, -0.25) is 9.59 Å². The van der Waals surface area contributed by atoms with Gasteiger partial charge in [0.1, 0.15) is 11.3 Å². The molecular weight excluding hydrogens is 416 g/mol. The fourth-order valence-corrected chi connectivity index (χ4v) is 3.68. The number of carbonyl (C=O) groups is 2. The molecule has 0 aliphatic heterocycles. The number of nitrogens with one attached hydrogen (secondary N) is 1. The molecule has 4 rings (SSSR count). The Labute approximate surface area is 191 Å². The summed E-state index contributed by atoms with van der Waals surface area (Å²) >= 11 is 0. The van der Waals surface area contributed by atoms with Crippen LogP contribution in [0.25, 0.3) is 27.7 Å². The number of primary amides is 1. The van der Waals surface area contributed by atoms with Crippen LogP contribution in [0, 0.1) is 0 Å². The highest BCUT2D eigenvalue weighted by molar-refractivity contribution is 6.06. The standard InChI is InChI=1S/C27H24N2O4/c1-3-32-24-15-25-22(23(16-33-25)18-8-5-4-6-9-18)14-21(24)17(2)12-26(30)29-20-11-7-10-19(13-20)27(28)31/h4-16H,3H2,1-2H3,(H2,28,31)(H,29,30)/b17-12+. The van der Waals surface area contributed by atoms with Crippen LogP contribution in [0.4, 0.5) is 5.69 Å². The second-order valence-electron chi connectivity index (χ2n) is 7.55. The van der Waals surface area contributed by atoms with E-state index in [1.54, 1.807) is 30.5 Å². The average molecular weight is 440 g/mol. The van der Waals surface area contributed by atoms with Gasteiger partial charge < -0.3 is 20.2 Å². The van der Waals surface area contributed by atoms with Crippen LogP contribution in [0.5, 0.6) is 5.75 Å². The lowest BCUT2D eigenvalue weighted by Gasteiger charge is -2.12. The van der Waals surface area contributed by atoms with Crippen LogP contribution in [0.15, 0.2) is 83.5 Å². The fourth-order valence-electron chi connectivity index (χ4n) is 3.68. The van der Waals surface area contributed by atoms with Crippen molar-refractivity contribution in [3.8, 4) is 16.9 Å². The third kappa shape index (κ3) is 4.80. The van der Waals surface area contributed by atoms with E-state index in [0.29, 0.717) is 29.2 Å². The molecule has 166 valence electrons. The maximum atomic E-state index is 12.7. The molecule has 0 aliphatic carbocycles. The van der Waals surface area contributed by atoms with E-state index < -0.39 is 5.91 Å². The number of anilines is 1. The zero-order valence-corrected chi connectivity index (χ0v) is 18.4. The van der Waals surface area contributed by atoms with Crippen molar-refractivity contribution in [3.63, 3.8) is 0 Å². The first-order valence-electron chi connectivity index (χ1n) is 10.6. The van der Waals surface area contributed by atoms with Crippen LogP contribution in [0.3, 0.4) is 0 Å². The topological polar surface area (TPSA) is 94.6 Å². The Bertz CT molecular complexity index is 1350. The van der Waals surface area contributed by atoms with Gasteiger partial charge in [-0.1, -0.05) is 36.4 Å². The van der Waals surface area contributed by atoms with Crippen LogP contribution in [-0.2, 0) is 4.79 Å². The molecule has 3 N–H and O–H groups in total. The number of allylic oxidation sites excluding steroid dienone is 1. The molecule has 4 aromatic rings. The first kappa shape index (κ1) is 21.9. The summed E-state index contributed by atoms with van der Waals surface area (Å²) in [4.78, 5) is 24.1. The van der Waals surface area contributed by atoms with Crippen molar-refractivity contribution < 1.29 is 18.7 Å². The molecule has 0 fully saturated rings. The summed E-state index contributed by atoms with van der Waals surface area (Å²) in [6.07, 6.45) is 3.24. The van der Waals surface area contributed by atoms with Crippen molar-refractivity contribution in [2.24, 2.45) is 5.73 Å². The third-order valence-electron chi connectivity index (χ3n) is 5.25. The number of hydrogen-bond acceptors (Lipinski definition) is 4. The number of nitrogens with two attached hydrogens (primary N) is 1. The summed E-state index contributed by atoms with van der Waals surface area (Å²) in [6, 6.07) is 20.3. The van der Waals surface area contributed by atoms with Crippen LogP contribution >= 0.6 is 0 Å². The van der Waals surface area contributed by atoms with Crippen LogP contribution in [0.2, 0.25) is 0 Å². The lowest BCUT2D eigenvalue weighted by molar-refractivity contribution is -0.111. The van der Waals surface area contributed by atoms with Crippen molar-refractivity contribution in [2.45, 2.75) is 13.8 Å². The van der Waals surface area contributed by atoms with Crippen LogP contribution in [-0.4, -0.2) is 18.4 Å². The van der Waals surface area contributed by atoms with E-state index in [1.165, 1.54) is 6.08 Å². The molecule has 0 aliphatic rings. The zero-order chi connectivity index (χ0) is 23.4. The first-order chi connectivity index (χ1) is 16.0. The highest BCUT2D eigenvalue weighted by Gasteiger charge is 2.15. The number of benzene rings is 3. The summed E-state index contributed by atoms with van der Waals surface area (Å²) in [6.45, 7) is 4.23. The van der Waals surface area contributed by atoms with E-state index in [1.807, 2.05) is 56.3 Å². The van der Waals surface area contributed by atoms with Gasteiger partial charge in [0.25, 0.3) is 0 Å². The second kappa shape index (κ2) is 9.44. The molecule has 6 nitrogen and oxygen atoms in total. The van der Waals surface area contributed by atoms with Gasteiger partial charge in [0, 0.05) is 39.9 Å². The number of carbonyl (C=O) groups excluding carboxylic acids is 2. The number of hydrogen-bond donors (Lipinski definition) is 2. The van der Waals surface area contributed by atoms with Crippen molar-refractivity contribution >= 4 is 34.0 Å². The van der Waals surface area contributed by atoms with Crippen molar-refractivity contribution in [1.82, 2.24) is 0 Å². The Morgan fingerprint density at radius 3 is 2.58 bits per heavy atom. The molecular formula is C27H24N2O4. The van der Waals surface area contributed by atoms with Gasteiger partial charge in [0.15, 0.2) is 0 Å². The third-order valence-corrected chi connectivity index (χ3v) is 5.25. The summed E-state index contributed by atoms with van der Waals surface area (Å²) in [5.74, 6) is -0.245. The van der Waals surface area contributed by atoms with Crippen LogP contribution < -0.4 is 15.8 Å². The molecule has 1 aromatic heterocycles. The summed E-state index contributed by atoms with van der Waals surface area (Å²) in [7, 11) is 0. The van der Waals surface area contributed by atoms with Gasteiger partial charge in [-0.15, -0.1) is 0 Å². The maximum absolute atomic E-state index is 12.7. The zero-order valence-electron chi connectivity index (χ0n) is 18.4. The number of ether oxygens (including phenoxy) is 1. The summed E-state index contributed by atoms with van der Waals surface area (Å²) in [5, 5.41) is 3.71. The van der Waals surface area contributed by atoms with E-state index in [0.717, 1.165) is 27.6 Å².